The molecule has 1 spiro atoms. The normalized spacial score (nSPS) is 19.6. The molecule has 0 bridgehead atoms. The molecule has 0 saturated carbocycles. The SMILES string of the molecule is COc1cc(-c2cn(C)c(=O)c3cnc(N(C)C)cc23)cc(OC)c1CN1CCC2(CC1)CN(c1ccc3c(c1)C(=O)N(C1CCC(=O)NC1=O)C3=O)C2. The Morgan fingerprint density at radius 2 is 1.57 bits per heavy atom. The van der Waals surface area contributed by atoms with E-state index in [-0.39, 0.29) is 29.4 Å². The van der Waals surface area contributed by atoms with E-state index in [0.29, 0.717) is 29.0 Å². The van der Waals surface area contributed by atoms with Crippen molar-refractivity contribution in [2.24, 2.45) is 12.5 Å². The van der Waals surface area contributed by atoms with Gasteiger partial charge >= 0.3 is 0 Å². The van der Waals surface area contributed by atoms with E-state index in [1.165, 1.54) is 0 Å². The molecule has 2 aromatic carbocycles. The lowest BCUT2D eigenvalue weighted by molar-refractivity contribution is -0.136. The smallest absolute Gasteiger partial charge is 0.262 e. The van der Waals surface area contributed by atoms with E-state index in [4.69, 9.17) is 9.47 Å². The van der Waals surface area contributed by atoms with E-state index in [9.17, 15) is 24.0 Å². The van der Waals surface area contributed by atoms with Gasteiger partial charge in [-0.15, -0.1) is 0 Å². The molecule has 2 aromatic heterocycles. The van der Waals surface area contributed by atoms with Crippen LogP contribution >= 0.6 is 0 Å². The van der Waals surface area contributed by atoms with Gasteiger partial charge in [-0.2, -0.15) is 0 Å². The first-order valence-corrected chi connectivity index (χ1v) is 18.2. The summed E-state index contributed by atoms with van der Waals surface area (Å²) in [7, 11) is 8.91. The number of methoxy groups -OCH3 is 2. The molecule has 0 aliphatic carbocycles. The van der Waals surface area contributed by atoms with Gasteiger partial charge in [0.25, 0.3) is 17.4 Å². The number of amides is 4. The van der Waals surface area contributed by atoms with Crippen molar-refractivity contribution >= 4 is 45.9 Å². The predicted molar refractivity (Wildman–Crippen MR) is 202 cm³/mol. The number of carbonyl (C=O) groups is 4. The van der Waals surface area contributed by atoms with Crippen LogP contribution < -0.4 is 30.1 Å². The first-order chi connectivity index (χ1) is 25.9. The Balaban J connectivity index is 0.953. The molecule has 54 heavy (non-hydrogen) atoms. The average molecular weight is 734 g/mol. The number of likely N-dealkylation sites (tertiary alicyclic amines) is 1. The van der Waals surface area contributed by atoms with Crippen molar-refractivity contribution in [1.82, 2.24) is 24.7 Å². The minimum absolute atomic E-state index is 0.0854. The molecule has 3 fully saturated rings. The number of hydrogen-bond donors (Lipinski definition) is 1. The van der Waals surface area contributed by atoms with Crippen molar-refractivity contribution in [2.75, 3.05) is 64.3 Å². The maximum absolute atomic E-state index is 13.4. The first-order valence-electron chi connectivity index (χ1n) is 18.2. The van der Waals surface area contributed by atoms with Crippen molar-refractivity contribution < 1.29 is 28.7 Å². The fraction of sp³-hybridized carbons (Fsp3) is 0.400. The topological polar surface area (TPSA) is 147 Å². The highest BCUT2D eigenvalue weighted by Gasteiger charge is 2.47. The molecule has 1 atom stereocenters. The van der Waals surface area contributed by atoms with E-state index in [2.05, 4.69) is 20.1 Å². The molecule has 4 aromatic rings. The number of nitrogens with one attached hydrogen (secondary N) is 1. The van der Waals surface area contributed by atoms with Gasteiger partial charge in [0, 0.05) is 81.6 Å². The molecule has 14 nitrogen and oxygen atoms in total. The molecule has 4 amide bonds. The summed E-state index contributed by atoms with van der Waals surface area (Å²) in [5.41, 5.74) is 4.21. The van der Waals surface area contributed by atoms with Crippen molar-refractivity contribution in [3.8, 4) is 22.6 Å². The number of nitrogens with zero attached hydrogens (tertiary/aromatic N) is 6. The summed E-state index contributed by atoms with van der Waals surface area (Å²) >= 11 is 0. The van der Waals surface area contributed by atoms with E-state index in [1.807, 2.05) is 49.5 Å². The first kappa shape index (κ1) is 35.3. The number of aryl methyl sites for hydroxylation is 1. The molecule has 14 heteroatoms. The summed E-state index contributed by atoms with van der Waals surface area (Å²) in [6, 6.07) is 10.3. The molecule has 1 N–H and O–H groups in total. The third-order valence-corrected chi connectivity index (χ3v) is 11.6. The Morgan fingerprint density at radius 1 is 0.889 bits per heavy atom. The summed E-state index contributed by atoms with van der Waals surface area (Å²) in [5, 5.41) is 3.59. The lowest BCUT2D eigenvalue weighted by Crippen LogP contribution is -2.60. The van der Waals surface area contributed by atoms with Crippen LogP contribution in [0.3, 0.4) is 0 Å². The number of fused-ring (bicyclic) bond motifs is 2. The van der Waals surface area contributed by atoms with Crippen LogP contribution in [0, 0.1) is 5.41 Å². The van der Waals surface area contributed by atoms with Gasteiger partial charge in [-0.1, -0.05) is 0 Å². The third-order valence-electron chi connectivity index (χ3n) is 11.6. The molecule has 0 radical (unpaired) electrons. The second kappa shape index (κ2) is 13.3. The number of anilines is 2. The second-order valence-electron chi connectivity index (χ2n) is 15.1. The highest BCUT2D eigenvalue weighted by Crippen LogP contribution is 2.45. The molecule has 280 valence electrons. The van der Waals surface area contributed by atoms with Crippen LogP contribution in [-0.2, 0) is 23.2 Å². The number of rotatable bonds is 8. The Hall–Kier alpha value is -5.76. The van der Waals surface area contributed by atoms with Crippen LogP contribution in [0.5, 0.6) is 11.5 Å². The van der Waals surface area contributed by atoms with Gasteiger partial charge in [-0.3, -0.25) is 39.1 Å². The summed E-state index contributed by atoms with van der Waals surface area (Å²) in [5.74, 6) is 0.176. The monoisotopic (exact) mass is 733 g/mol. The Morgan fingerprint density at radius 3 is 2.22 bits per heavy atom. The fourth-order valence-corrected chi connectivity index (χ4v) is 8.45. The summed E-state index contributed by atoms with van der Waals surface area (Å²) in [6.07, 6.45) is 5.71. The lowest BCUT2D eigenvalue weighted by Gasteiger charge is -2.55. The van der Waals surface area contributed by atoms with Gasteiger partial charge in [0.15, 0.2) is 0 Å². The zero-order chi connectivity index (χ0) is 38.1. The second-order valence-corrected chi connectivity index (χ2v) is 15.1. The van der Waals surface area contributed by atoms with Crippen molar-refractivity contribution in [3.63, 3.8) is 0 Å². The number of imide groups is 2. The summed E-state index contributed by atoms with van der Waals surface area (Å²) < 4.78 is 13.5. The summed E-state index contributed by atoms with van der Waals surface area (Å²) in [6.45, 7) is 4.13. The number of pyridine rings is 2. The largest absolute Gasteiger partial charge is 0.496 e. The molecule has 6 heterocycles. The molecule has 1 unspecified atom stereocenters. The number of carbonyl (C=O) groups excluding carboxylic acids is 4. The fourth-order valence-electron chi connectivity index (χ4n) is 8.45. The van der Waals surface area contributed by atoms with Crippen molar-refractivity contribution in [1.29, 1.82) is 0 Å². The van der Waals surface area contributed by atoms with Crippen LogP contribution in [0.25, 0.3) is 21.9 Å². The van der Waals surface area contributed by atoms with Crippen LogP contribution in [-0.4, -0.2) is 104 Å². The van der Waals surface area contributed by atoms with E-state index in [1.54, 1.807) is 44.2 Å². The number of piperidine rings is 2. The predicted octanol–water partition coefficient (Wildman–Crippen LogP) is 3.19. The minimum atomic E-state index is -0.982. The Kier molecular flexibility index (Phi) is 8.67. The van der Waals surface area contributed by atoms with Crippen molar-refractivity contribution in [2.45, 2.75) is 38.3 Å². The number of benzene rings is 2. The van der Waals surface area contributed by atoms with Crippen molar-refractivity contribution in [3.05, 3.63) is 75.8 Å². The van der Waals surface area contributed by atoms with E-state index < -0.39 is 29.7 Å². The Labute approximate surface area is 312 Å². The number of hydrogen-bond acceptors (Lipinski definition) is 11. The Bertz CT molecular complexity index is 2280. The van der Waals surface area contributed by atoms with Gasteiger partial charge < -0.3 is 23.8 Å². The summed E-state index contributed by atoms with van der Waals surface area (Å²) in [4.78, 5) is 75.7. The molecule has 4 aliphatic heterocycles. The third kappa shape index (κ3) is 5.85. The minimum Gasteiger partial charge on any atom is -0.496 e. The van der Waals surface area contributed by atoms with Gasteiger partial charge in [0.1, 0.15) is 23.4 Å². The highest BCUT2D eigenvalue weighted by atomic mass is 16.5. The lowest BCUT2D eigenvalue weighted by atomic mass is 9.71. The number of ether oxygens (including phenoxy) is 2. The van der Waals surface area contributed by atoms with Gasteiger partial charge in [-0.25, -0.2) is 4.98 Å². The van der Waals surface area contributed by atoms with Crippen LogP contribution in [0.15, 0.2) is 53.6 Å². The molecule has 8 rings (SSSR count). The zero-order valence-electron chi connectivity index (χ0n) is 31.1. The maximum atomic E-state index is 13.4. The molecule has 3 saturated heterocycles. The quantitative estimate of drug-likeness (QED) is 0.267. The standard InChI is InChI=1S/C40H43N7O7/c1-43(2)34-17-26-28(18-41-34)37(50)44(3)19-29(26)23-14-32(53-4)30(33(15-23)54-5)20-45-12-10-40(11-13-45)21-46(22-40)24-6-7-25-27(16-24)39(52)47(38(25)51)31-8-9-35(48)42-36(31)49/h6-7,14-19,31H,8-13,20-22H2,1-5H3,(H,42,48,49). The van der Waals surface area contributed by atoms with E-state index in [0.717, 1.165) is 77.5 Å². The van der Waals surface area contributed by atoms with Gasteiger partial charge in [0.05, 0.1) is 36.3 Å². The van der Waals surface area contributed by atoms with E-state index >= 15 is 0 Å². The van der Waals surface area contributed by atoms with Gasteiger partial charge in [0.2, 0.25) is 11.8 Å². The van der Waals surface area contributed by atoms with Crippen LogP contribution in [0.4, 0.5) is 11.5 Å². The van der Waals surface area contributed by atoms with Crippen LogP contribution in [0.2, 0.25) is 0 Å². The van der Waals surface area contributed by atoms with Crippen LogP contribution in [0.1, 0.15) is 52.0 Å². The molecule has 4 aliphatic rings. The average Bonchev–Trinajstić information content (AvgIpc) is 3.40. The highest BCUT2D eigenvalue weighted by molar-refractivity contribution is 6.23. The molecular formula is C40H43N7O7. The zero-order valence-corrected chi connectivity index (χ0v) is 31.1. The number of aromatic nitrogens is 2. The van der Waals surface area contributed by atoms with Gasteiger partial charge in [-0.05, 0) is 74.3 Å². The maximum Gasteiger partial charge on any atom is 0.262 e. The molecular weight excluding hydrogens is 690 g/mol.